The fourth-order valence-corrected chi connectivity index (χ4v) is 0.559. The zero-order chi connectivity index (χ0) is 8.43. The molecule has 0 saturated carbocycles. The minimum atomic E-state index is -1.51. The van der Waals surface area contributed by atoms with Gasteiger partial charge in [-0.15, -0.1) is 0 Å². The molecular formula is C6H2F3NO. The molecule has 1 aromatic heterocycles. The Bertz CT molecular complexity index is 300. The number of hydrogen-bond acceptors (Lipinski definition) is 2. The highest BCUT2D eigenvalue weighted by molar-refractivity contribution is 5.74. The Hall–Kier alpha value is -1.39. The second-order valence-corrected chi connectivity index (χ2v) is 1.74. The van der Waals surface area contributed by atoms with E-state index in [1.807, 2.05) is 0 Å². The van der Waals surface area contributed by atoms with Gasteiger partial charge < -0.3 is 0 Å². The maximum Gasteiger partial charge on any atom is 0.226 e. The van der Waals surface area contributed by atoms with Crippen molar-refractivity contribution >= 4 is 6.29 Å². The van der Waals surface area contributed by atoms with E-state index in [4.69, 9.17) is 0 Å². The number of halogens is 3. The molecule has 0 radical (unpaired) electrons. The predicted octanol–water partition coefficient (Wildman–Crippen LogP) is 1.31. The molecule has 0 saturated heterocycles. The number of carbonyl (C=O) groups is 1. The summed E-state index contributed by atoms with van der Waals surface area (Å²) < 4.78 is 36.8. The highest BCUT2D eigenvalue weighted by atomic mass is 19.2. The molecule has 0 aromatic carbocycles. The Kier molecular flexibility index (Phi) is 1.89. The number of rotatable bonds is 1. The largest absolute Gasteiger partial charge is 0.298 e. The van der Waals surface area contributed by atoms with Crippen molar-refractivity contribution in [3.05, 3.63) is 29.3 Å². The first-order valence-electron chi connectivity index (χ1n) is 2.61. The summed E-state index contributed by atoms with van der Waals surface area (Å²) in [7, 11) is 0. The standard InChI is InChI=1S/C6H2F3NO/c7-4-1-10-6(9)3(2-11)5(4)8/h1-2H. The average molecular weight is 161 g/mol. The van der Waals surface area contributed by atoms with Crippen molar-refractivity contribution in [3.8, 4) is 0 Å². The van der Waals surface area contributed by atoms with Gasteiger partial charge in [0.15, 0.2) is 17.9 Å². The molecule has 0 N–H and O–H groups in total. The van der Waals surface area contributed by atoms with E-state index in [-0.39, 0.29) is 6.29 Å². The molecule has 0 unspecified atom stereocenters. The van der Waals surface area contributed by atoms with Gasteiger partial charge in [0, 0.05) is 0 Å². The lowest BCUT2D eigenvalue weighted by atomic mass is 10.3. The van der Waals surface area contributed by atoms with Crippen LogP contribution in [-0.2, 0) is 0 Å². The van der Waals surface area contributed by atoms with E-state index in [1.165, 1.54) is 0 Å². The van der Waals surface area contributed by atoms with Gasteiger partial charge in [0.05, 0.1) is 6.20 Å². The normalized spacial score (nSPS) is 9.73. The number of carbonyl (C=O) groups excluding carboxylic acids is 1. The first-order valence-corrected chi connectivity index (χ1v) is 2.61. The van der Waals surface area contributed by atoms with Crippen LogP contribution in [0.3, 0.4) is 0 Å². The molecule has 0 aliphatic rings. The summed E-state index contributed by atoms with van der Waals surface area (Å²) in [6.45, 7) is 0. The number of hydrogen-bond donors (Lipinski definition) is 0. The van der Waals surface area contributed by atoms with Crippen molar-refractivity contribution in [3.63, 3.8) is 0 Å². The highest BCUT2D eigenvalue weighted by Gasteiger charge is 2.13. The van der Waals surface area contributed by atoms with Crippen LogP contribution < -0.4 is 0 Å². The first-order chi connectivity index (χ1) is 5.16. The zero-order valence-electron chi connectivity index (χ0n) is 5.14. The van der Waals surface area contributed by atoms with Gasteiger partial charge in [-0.1, -0.05) is 0 Å². The molecule has 1 rings (SSSR count). The van der Waals surface area contributed by atoms with Crippen LogP contribution >= 0.6 is 0 Å². The monoisotopic (exact) mass is 161 g/mol. The maximum absolute atomic E-state index is 12.4. The summed E-state index contributed by atoms with van der Waals surface area (Å²) in [6, 6.07) is 0. The van der Waals surface area contributed by atoms with Crippen LogP contribution in [0.5, 0.6) is 0 Å². The molecule has 0 spiro atoms. The van der Waals surface area contributed by atoms with E-state index in [0.29, 0.717) is 6.20 Å². The lowest BCUT2D eigenvalue weighted by molar-refractivity contribution is 0.111. The molecule has 0 bridgehead atoms. The van der Waals surface area contributed by atoms with Crippen molar-refractivity contribution in [1.29, 1.82) is 0 Å². The molecule has 1 heterocycles. The number of aldehydes is 1. The molecule has 58 valence electrons. The lowest BCUT2D eigenvalue weighted by Gasteiger charge is -1.95. The summed E-state index contributed by atoms with van der Waals surface area (Å²) in [6.07, 6.45) is 0.248. The first kappa shape index (κ1) is 7.71. The van der Waals surface area contributed by atoms with E-state index in [2.05, 4.69) is 4.98 Å². The quantitative estimate of drug-likeness (QED) is 0.459. The van der Waals surface area contributed by atoms with Gasteiger partial charge in [0.25, 0.3) is 0 Å². The summed E-state index contributed by atoms with van der Waals surface area (Å²) in [5.74, 6) is -4.15. The molecule has 0 fully saturated rings. The Balaban J connectivity index is 3.40. The van der Waals surface area contributed by atoms with Crippen molar-refractivity contribution in [2.75, 3.05) is 0 Å². The van der Waals surface area contributed by atoms with Gasteiger partial charge in [0.1, 0.15) is 5.56 Å². The van der Waals surface area contributed by atoms with Crippen molar-refractivity contribution in [2.24, 2.45) is 0 Å². The Morgan fingerprint density at radius 2 is 2.00 bits per heavy atom. The van der Waals surface area contributed by atoms with Gasteiger partial charge in [0.2, 0.25) is 5.95 Å². The Morgan fingerprint density at radius 1 is 1.36 bits per heavy atom. The van der Waals surface area contributed by atoms with Crippen LogP contribution in [0, 0.1) is 17.6 Å². The Labute approximate surface area is 59.7 Å². The van der Waals surface area contributed by atoms with Crippen LogP contribution in [0.2, 0.25) is 0 Å². The topological polar surface area (TPSA) is 30.0 Å². The maximum atomic E-state index is 12.4. The van der Waals surface area contributed by atoms with Gasteiger partial charge in [-0.25, -0.2) is 13.8 Å². The highest BCUT2D eigenvalue weighted by Crippen LogP contribution is 2.10. The van der Waals surface area contributed by atoms with E-state index in [0.717, 1.165) is 0 Å². The molecule has 11 heavy (non-hydrogen) atoms. The summed E-state index contributed by atoms with van der Waals surface area (Å²) in [5.41, 5.74) is -0.981. The number of pyridine rings is 1. The third-order valence-corrected chi connectivity index (χ3v) is 1.08. The fourth-order valence-electron chi connectivity index (χ4n) is 0.559. The van der Waals surface area contributed by atoms with Crippen molar-refractivity contribution in [1.82, 2.24) is 4.98 Å². The minimum absolute atomic E-state index is 0.124. The summed E-state index contributed by atoms with van der Waals surface area (Å²) in [5, 5.41) is 0. The smallest absolute Gasteiger partial charge is 0.226 e. The third-order valence-electron chi connectivity index (χ3n) is 1.08. The second-order valence-electron chi connectivity index (χ2n) is 1.74. The molecule has 2 nitrogen and oxygen atoms in total. The van der Waals surface area contributed by atoms with Gasteiger partial charge in [-0.05, 0) is 0 Å². The Morgan fingerprint density at radius 3 is 2.45 bits per heavy atom. The van der Waals surface area contributed by atoms with Gasteiger partial charge >= 0.3 is 0 Å². The van der Waals surface area contributed by atoms with Crippen LogP contribution in [0.1, 0.15) is 10.4 Å². The van der Waals surface area contributed by atoms with Gasteiger partial charge in [-0.3, -0.25) is 4.79 Å². The third kappa shape index (κ3) is 1.21. The molecular weight excluding hydrogens is 159 g/mol. The molecule has 0 aliphatic heterocycles. The van der Waals surface area contributed by atoms with Gasteiger partial charge in [-0.2, -0.15) is 4.39 Å². The molecule has 0 amide bonds. The van der Waals surface area contributed by atoms with Crippen molar-refractivity contribution in [2.45, 2.75) is 0 Å². The van der Waals surface area contributed by atoms with Crippen LogP contribution in [0.4, 0.5) is 13.2 Å². The second kappa shape index (κ2) is 2.69. The molecule has 0 atom stereocenters. The summed E-state index contributed by atoms with van der Waals surface area (Å²) in [4.78, 5) is 12.7. The summed E-state index contributed by atoms with van der Waals surface area (Å²) >= 11 is 0. The number of aromatic nitrogens is 1. The molecule has 1 aromatic rings. The van der Waals surface area contributed by atoms with Crippen LogP contribution in [-0.4, -0.2) is 11.3 Å². The zero-order valence-corrected chi connectivity index (χ0v) is 5.14. The molecule has 5 heteroatoms. The number of nitrogens with zero attached hydrogens (tertiary/aromatic N) is 1. The lowest BCUT2D eigenvalue weighted by Crippen LogP contribution is -1.99. The fraction of sp³-hybridized carbons (Fsp3) is 0. The SMILES string of the molecule is O=Cc1c(F)ncc(F)c1F. The van der Waals surface area contributed by atoms with E-state index in [1.54, 1.807) is 0 Å². The van der Waals surface area contributed by atoms with E-state index < -0.39 is 23.1 Å². The van der Waals surface area contributed by atoms with Crippen molar-refractivity contribution < 1.29 is 18.0 Å². The molecule has 0 aliphatic carbocycles. The minimum Gasteiger partial charge on any atom is -0.298 e. The van der Waals surface area contributed by atoms with Crippen LogP contribution in [0.15, 0.2) is 6.20 Å². The average Bonchev–Trinajstić information content (AvgIpc) is 1.99. The predicted molar refractivity (Wildman–Crippen MR) is 29.5 cm³/mol. The van der Waals surface area contributed by atoms with Crippen LogP contribution in [0.25, 0.3) is 0 Å². The van der Waals surface area contributed by atoms with E-state index in [9.17, 15) is 18.0 Å². The van der Waals surface area contributed by atoms with E-state index >= 15 is 0 Å².